The molecule has 7 heteroatoms. The van der Waals surface area contributed by atoms with Crippen LogP contribution in [0.2, 0.25) is 0 Å². The van der Waals surface area contributed by atoms with E-state index in [1.54, 1.807) is 0 Å². The summed E-state index contributed by atoms with van der Waals surface area (Å²) in [6.45, 7) is 0.361. The van der Waals surface area contributed by atoms with Crippen molar-refractivity contribution in [3.8, 4) is 11.1 Å². The van der Waals surface area contributed by atoms with E-state index in [1.807, 2.05) is 24.3 Å². The lowest BCUT2D eigenvalue weighted by atomic mass is 9.82. The van der Waals surface area contributed by atoms with E-state index in [0.29, 0.717) is 0 Å². The molecule has 1 fully saturated rings. The molecular formula is C28H32N2O5. The smallest absolute Gasteiger partial charge is 0.407 e. The number of benzene rings is 2. The number of carboxylic acids is 1. The average molecular weight is 477 g/mol. The van der Waals surface area contributed by atoms with Crippen LogP contribution in [-0.4, -0.2) is 42.3 Å². The molecule has 184 valence electrons. The van der Waals surface area contributed by atoms with Gasteiger partial charge in [-0.25, -0.2) is 4.79 Å². The first-order valence-electron chi connectivity index (χ1n) is 12.3. The van der Waals surface area contributed by atoms with Crippen molar-refractivity contribution in [3.05, 3.63) is 71.8 Å². The second-order valence-corrected chi connectivity index (χ2v) is 9.22. The van der Waals surface area contributed by atoms with Gasteiger partial charge in [-0.1, -0.05) is 73.9 Å². The topological polar surface area (TPSA) is 105 Å². The van der Waals surface area contributed by atoms with Crippen LogP contribution in [0.15, 0.2) is 60.7 Å². The molecular weight excluding hydrogens is 444 g/mol. The van der Waals surface area contributed by atoms with Crippen molar-refractivity contribution in [1.82, 2.24) is 10.6 Å². The first-order chi connectivity index (χ1) is 17.0. The van der Waals surface area contributed by atoms with Crippen molar-refractivity contribution in [2.75, 3.05) is 13.2 Å². The van der Waals surface area contributed by atoms with Crippen molar-refractivity contribution in [2.24, 2.45) is 5.92 Å². The predicted octanol–water partition coefficient (Wildman–Crippen LogP) is 4.62. The lowest BCUT2D eigenvalue weighted by Gasteiger charge is -2.29. The molecule has 0 radical (unpaired) electrons. The van der Waals surface area contributed by atoms with Crippen LogP contribution in [0.1, 0.15) is 55.6 Å². The fourth-order valence-electron chi connectivity index (χ4n) is 5.25. The summed E-state index contributed by atoms with van der Waals surface area (Å²) in [4.78, 5) is 35.8. The summed E-state index contributed by atoms with van der Waals surface area (Å²) in [6.07, 6.45) is 7.40. The Morgan fingerprint density at radius 3 is 2.23 bits per heavy atom. The highest BCUT2D eigenvalue weighted by atomic mass is 16.5. The minimum atomic E-state index is -0.915. The van der Waals surface area contributed by atoms with E-state index >= 15 is 0 Å². The van der Waals surface area contributed by atoms with Crippen molar-refractivity contribution in [1.29, 1.82) is 0 Å². The van der Waals surface area contributed by atoms with Crippen LogP contribution < -0.4 is 10.6 Å². The largest absolute Gasteiger partial charge is 0.481 e. The zero-order valence-corrected chi connectivity index (χ0v) is 19.7. The number of nitrogens with one attached hydrogen (secondary N) is 2. The number of hydrogen-bond donors (Lipinski definition) is 3. The Bertz CT molecular complexity index is 1040. The number of carbonyl (C=O) groups is 3. The predicted molar refractivity (Wildman–Crippen MR) is 133 cm³/mol. The summed E-state index contributed by atoms with van der Waals surface area (Å²) in [6, 6.07) is 15.9. The molecule has 2 amide bonds. The molecule has 3 N–H and O–H groups in total. The van der Waals surface area contributed by atoms with Crippen LogP contribution in [0.4, 0.5) is 4.79 Å². The van der Waals surface area contributed by atoms with Gasteiger partial charge in [0.15, 0.2) is 0 Å². The molecule has 7 nitrogen and oxygen atoms in total. The zero-order valence-electron chi connectivity index (χ0n) is 19.7. The Morgan fingerprint density at radius 2 is 1.60 bits per heavy atom. The van der Waals surface area contributed by atoms with Crippen molar-refractivity contribution in [2.45, 2.75) is 50.5 Å². The fourth-order valence-corrected chi connectivity index (χ4v) is 5.25. The second-order valence-electron chi connectivity index (χ2n) is 9.22. The van der Waals surface area contributed by atoms with Gasteiger partial charge in [0.1, 0.15) is 6.61 Å². The summed E-state index contributed by atoms with van der Waals surface area (Å²) in [5.41, 5.74) is 4.62. The van der Waals surface area contributed by atoms with E-state index in [0.717, 1.165) is 43.2 Å². The number of ether oxygens (including phenoxy) is 1. The maximum absolute atomic E-state index is 12.3. The highest BCUT2D eigenvalue weighted by Crippen LogP contribution is 2.44. The van der Waals surface area contributed by atoms with Gasteiger partial charge in [0.05, 0.1) is 6.42 Å². The Balaban J connectivity index is 1.24. The molecule has 2 aliphatic carbocycles. The lowest BCUT2D eigenvalue weighted by molar-refractivity contribution is -0.138. The molecule has 0 saturated heterocycles. The monoisotopic (exact) mass is 476 g/mol. The summed E-state index contributed by atoms with van der Waals surface area (Å²) in [7, 11) is 0. The number of alkyl carbamates (subject to hydrolysis) is 1. The second kappa shape index (κ2) is 11.7. The van der Waals surface area contributed by atoms with Crippen LogP contribution in [0.3, 0.4) is 0 Å². The SMILES string of the molecule is O=C(O)CC(NC(=O)/C=C/CNC(=O)OCC1c2ccccc2-c2ccccc21)C1CCCCC1. The van der Waals surface area contributed by atoms with E-state index in [1.165, 1.54) is 23.3 Å². The van der Waals surface area contributed by atoms with Gasteiger partial charge in [-0.15, -0.1) is 0 Å². The third-order valence-corrected chi connectivity index (χ3v) is 6.92. The number of rotatable bonds is 9. The molecule has 2 aromatic rings. The molecule has 1 unspecified atom stereocenters. The minimum absolute atomic E-state index is 0.0135. The minimum Gasteiger partial charge on any atom is -0.481 e. The first-order valence-corrected chi connectivity index (χ1v) is 12.3. The van der Waals surface area contributed by atoms with E-state index < -0.39 is 12.1 Å². The average Bonchev–Trinajstić information content (AvgIpc) is 3.19. The Labute approximate surface area is 205 Å². The zero-order chi connectivity index (χ0) is 24.6. The number of hydrogen-bond acceptors (Lipinski definition) is 4. The lowest BCUT2D eigenvalue weighted by Crippen LogP contribution is -2.42. The third kappa shape index (κ3) is 6.29. The number of fused-ring (bicyclic) bond motifs is 3. The molecule has 1 atom stereocenters. The van der Waals surface area contributed by atoms with Crippen LogP contribution >= 0.6 is 0 Å². The number of carbonyl (C=O) groups excluding carboxylic acids is 2. The number of aliphatic carboxylic acids is 1. The van der Waals surface area contributed by atoms with E-state index in [2.05, 4.69) is 34.9 Å². The van der Waals surface area contributed by atoms with Crippen LogP contribution in [0.5, 0.6) is 0 Å². The Kier molecular flexibility index (Phi) is 8.19. The maximum Gasteiger partial charge on any atom is 0.407 e. The molecule has 0 bridgehead atoms. The molecule has 0 aliphatic heterocycles. The van der Waals surface area contributed by atoms with Gasteiger partial charge in [0.25, 0.3) is 0 Å². The molecule has 4 rings (SSSR count). The standard InChI is InChI=1S/C28H32N2O5/c31-26(30-25(17-27(32)33)19-9-2-1-3-10-19)15-8-16-29-28(34)35-18-24-22-13-6-4-11-20(22)21-12-5-7-14-23(21)24/h4-8,11-15,19,24-25H,1-3,9-10,16-18H2,(H,29,34)(H,30,31)(H,32,33)/b15-8+. The van der Waals surface area contributed by atoms with Gasteiger partial charge in [-0.05, 0) is 41.0 Å². The summed E-state index contributed by atoms with van der Waals surface area (Å²) < 4.78 is 5.48. The van der Waals surface area contributed by atoms with Gasteiger partial charge < -0.3 is 20.5 Å². The van der Waals surface area contributed by atoms with Crippen LogP contribution in [0.25, 0.3) is 11.1 Å². The number of carboxylic acid groups (broad SMARTS) is 1. The van der Waals surface area contributed by atoms with Crippen LogP contribution in [-0.2, 0) is 14.3 Å². The highest BCUT2D eigenvalue weighted by Gasteiger charge is 2.29. The highest BCUT2D eigenvalue weighted by molar-refractivity contribution is 5.88. The Morgan fingerprint density at radius 1 is 0.971 bits per heavy atom. The third-order valence-electron chi connectivity index (χ3n) is 6.92. The Hall–Kier alpha value is -3.61. The molecule has 2 aliphatic rings. The van der Waals surface area contributed by atoms with Gasteiger partial charge in [0, 0.05) is 24.6 Å². The van der Waals surface area contributed by atoms with Gasteiger partial charge in [-0.3, -0.25) is 9.59 Å². The van der Waals surface area contributed by atoms with Gasteiger partial charge in [-0.2, -0.15) is 0 Å². The van der Waals surface area contributed by atoms with E-state index in [9.17, 15) is 19.5 Å². The molecule has 1 saturated carbocycles. The normalized spacial score (nSPS) is 16.3. The van der Waals surface area contributed by atoms with Crippen molar-refractivity contribution < 1.29 is 24.2 Å². The van der Waals surface area contributed by atoms with Crippen molar-refractivity contribution >= 4 is 18.0 Å². The van der Waals surface area contributed by atoms with E-state index in [-0.39, 0.29) is 43.4 Å². The molecule has 35 heavy (non-hydrogen) atoms. The molecule has 0 heterocycles. The molecule has 2 aromatic carbocycles. The molecule has 0 aromatic heterocycles. The number of amides is 2. The van der Waals surface area contributed by atoms with E-state index in [4.69, 9.17) is 4.74 Å². The quantitative estimate of drug-likeness (QED) is 0.458. The molecule has 0 spiro atoms. The summed E-state index contributed by atoms with van der Waals surface area (Å²) >= 11 is 0. The first kappa shape index (κ1) is 24.5. The van der Waals surface area contributed by atoms with Gasteiger partial charge >= 0.3 is 12.1 Å². The summed E-state index contributed by atoms with van der Waals surface area (Å²) in [5.74, 6) is -1.09. The maximum atomic E-state index is 12.3. The fraction of sp³-hybridized carbons (Fsp3) is 0.393. The summed E-state index contributed by atoms with van der Waals surface area (Å²) in [5, 5.41) is 14.7. The van der Waals surface area contributed by atoms with Crippen molar-refractivity contribution in [3.63, 3.8) is 0 Å². The van der Waals surface area contributed by atoms with Crippen LogP contribution in [0, 0.1) is 5.92 Å². The van der Waals surface area contributed by atoms with Gasteiger partial charge in [0.2, 0.25) is 5.91 Å².